The number of nitrogens with one attached hydrogen (secondary N) is 8. The molecular weight excluding hydrogens is 965 g/mol. The van der Waals surface area contributed by atoms with Crippen molar-refractivity contribution in [2.45, 2.75) is 117 Å². The van der Waals surface area contributed by atoms with Gasteiger partial charge in [0.1, 0.15) is 24.2 Å². The Labute approximate surface area is 444 Å². The van der Waals surface area contributed by atoms with E-state index in [0.717, 1.165) is 21.5 Å². The largest absolute Gasteiger partial charge is 0.347 e. The van der Waals surface area contributed by atoms with Crippen molar-refractivity contribution in [3.05, 3.63) is 120 Å². The van der Waals surface area contributed by atoms with Crippen LogP contribution in [0.5, 0.6) is 0 Å². The van der Waals surface area contributed by atoms with E-state index in [2.05, 4.69) is 42.5 Å². The molecule has 1 unspecified atom stereocenters. The van der Waals surface area contributed by atoms with Crippen molar-refractivity contribution in [2.75, 3.05) is 37.8 Å². The Kier molecular flexibility index (Phi) is 17.3. The highest BCUT2D eigenvalue weighted by molar-refractivity contribution is 6.07. The Morgan fingerprint density at radius 3 is 1.17 bits per heavy atom. The molecule has 2 fully saturated rings. The summed E-state index contributed by atoms with van der Waals surface area (Å²) in [5.74, 6) is -3.62. The number of fused-ring (bicyclic) bond motifs is 2. The molecule has 8 amide bonds. The number of likely N-dealkylation sites (tertiary alicyclic amines) is 2. The molecule has 7 rings (SSSR count). The van der Waals surface area contributed by atoms with Gasteiger partial charge in [0.05, 0.1) is 12.1 Å². The van der Waals surface area contributed by atoms with Crippen molar-refractivity contribution in [2.24, 2.45) is 10.8 Å². The molecule has 5 aromatic rings. The molecule has 8 N–H and O–H groups in total. The van der Waals surface area contributed by atoms with Gasteiger partial charge in [0.2, 0.25) is 35.4 Å². The molecule has 18 nitrogen and oxygen atoms in total. The summed E-state index contributed by atoms with van der Waals surface area (Å²) >= 11 is 0. The molecular formula is C58H72N10O8. The second-order valence-corrected chi connectivity index (χ2v) is 22.1. The van der Waals surface area contributed by atoms with Crippen LogP contribution in [0.2, 0.25) is 0 Å². The van der Waals surface area contributed by atoms with Crippen LogP contribution in [0.4, 0.5) is 11.4 Å². The van der Waals surface area contributed by atoms with E-state index in [1.54, 1.807) is 40.1 Å². The molecule has 8 atom stereocenters. The lowest BCUT2D eigenvalue weighted by molar-refractivity contribution is -0.143. The Morgan fingerprint density at radius 2 is 0.829 bits per heavy atom. The zero-order valence-electron chi connectivity index (χ0n) is 45.0. The first-order valence-corrected chi connectivity index (χ1v) is 25.8. The monoisotopic (exact) mass is 1040 g/mol. The maximum atomic E-state index is 14.6. The summed E-state index contributed by atoms with van der Waals surface area (Å²) in [6.07, 6.45) is 0.151. The maximum Gasteiger partial charge on any atom is 0.251 e. The Hall–Kier alpha value is -7.70. The number of amides is 8. The van der Waals surface area contributed by atoms with E-state index < -0.39 is 94.6 Å². The van der Waals surface area contributed by atoms with Crippen LogP contribution in [-0.4, -0.2) is 133 Å². The summed E-state index contributed by atoms with van der Waals surface area (Å²) in [7, 11) is 3.29. The molecule has 2 aliphatic rings. The summed E-state index contributed by atoms with van der Waals surface area (Å²) < 4.78 is 0. The van der Waals surface area contributed by atoms with E-state index in [0.29, 0.717) is 11.4 Å². The fourth-order valence-electron chi connectivity index (χ4n) is 9.70. The van der Waals surface area contributed by atoms with E-state index in [4.69, 9.17) is 0 Å². The van der Waals surface area contributed by atoms with Gasteiger partial charge in [-0.1, -0.05) is 114 Å². The molecule has 402 valence electrons. The van der Waals surface area contributed by atoms with Gasteiger partial charge in [0.15, 0.2) is 0 Å². The fraction of sp³-hybridized carbons (Fsp3) is 0.414. The van der Waals surface area contributed by atoms with Crippen LogP contribution in [0.1, 0.15) is 88.9 Å². The van der Waals surface area contributed by atoms with Crippen LogP contribution in [0, 0.1) is 10.8 Å². The Bertz CT molecular complexity index is 2790. The van der Waals surface area contributed by atoms with Crippen molar-refractivity contribution < 1.29 is 38.4 Å². The molecule has 76 heavy (non-hydrogen) atoms. The molecule has 0 bridgehead atoms. The molecule has 2 saturated heterocycles. The molecule has 18 heteroatoms. The predicted molar refractivity (Wildman–Crippen MR) is 294 cm³/mol. The first-order chi connectivity index (χ1) is 36.0. The van der Waals surface area contributed by atoms with Gasteiger partial charge in [-0.15, -0.1) is 0 Å². The summed E-state index contributed by atoms with van der Waals surface area (Å²) in [5.41, 5.74) is 0.0371. The van der Waals surface area contributed by atoms with Crippen LogP contribution >= 0.6 is 0 Å². The van der Waals surface area contributed by atoms with Crippen LogP contribution in [0.15, 0.2) is 109 Å². The lowest BCUT2D eigenvalue weighted by Gasteiger charge is -2.36. The third-order valence-corrected chi connectivity index (χ3v) is 14.4. The minimum atomic E-state index is -1.02. The lowest BCUT2D eigenvalue weighted by Crippen LogP contribution is -2.59. The minimum Gasteiger partial charge on any atom is -0.347 e. The zero-order valence-corrected chi connectivity index (χ0v) is 45.0. The first kappa shape index (κ1) is 56.0. The summed E-state index contributed by atoms with van der Waals surface area (Å²) in [6.45, 7) is 14.3. The van der Waals surface area contributed by atoms with E-state index in [1.807, 2.05) is 114 Å². The van der Waals surface area contributed by atoms with E-state index >= 15 is 0 Å². The summed E-state index contributed by atoms with van der Waals surface area (Å²) in [6, 6.07) is 25.7. The second kappa shape index (κ2) is 23.5. The number of likely N-dealkylation sites (N-methyl/N-ethyl adjacent to an activating group) is 2. The van der Waals surface area contributed by atoms with Gasteiger partial charge in [-0.2, -0.15) is 0 Å². The highest BCUT2D eigenvalue weighted by Crippen LogP contribution is 2.31. The number of carbonyl (C=O) groups excluding carboxylic acids is 8. The summed E-state index contributed by atoms with van der Waals surface area (Å²) in [5, 5.41) is 27.1. The van der Waals surface area contributed by atoms with Gasteiger partial charge < -0.3 is 52.3 Å². The number of benzene rings is 5. The van der Waals surface area contributed by atoms with Gasteiger partial charge in [0.25, 0.3) is 11.8 Å². The number of hydrogen-bond donors (Lipinski definition) is 8. The molecule has 0 saturated carbocycles. The molecule has 2 heterocycles. The fourth-order valence-corrected chi connectivity index (χ4v) is 9.70. The van der Waals surface area contributed by atoms with Crippen LogP contribution in [0.25, 0.3) is 21.5 Å². The number of nitrogens with zero attached hydrogens (tertiary/aromatic N) is 2. The van der Waals surface area contributed by atoms with E-state index in [1.165, 1.54) is 34.1 Å². The molecule has 5 aromatic carbocycles. The number of rotatable bonds is 16. The van der Waals surface area contributed by atoms with Gasteiger partial charge in [-0.25, -0.2) is 0 Å². The molecule has 0 spiro atoms. The number of hydrogen-bond acceptors (Lipinski definition) is 10. The van der Waals surface area contributed by atoms with Crippen molar-refractivity contribution in [3.63, 3.8) is 0 Å². The van der Waals surface area contributed by atoms with E-state index in [9.17, 15) is 38.4 Å². The topological polar surface area (TPSA) is 239 Å². The molecule has 2 aliphatic heterocycles. The SMILES string of the molecule is CN[C@@H](C)C(=O)N[C@H](C(=O)N1C[C@@H](NC(=O)c2ccc(C(=O)N[C@H]3C[C@@H](C(=O)Nc4cccc5ccccc45)N(C(=O)[C@@H](NC(=O)[C@H](C)NC)C(C)(C)C)C3)cc2)CC1C(=O)Nc1cccc2ccccc12)C(C)(C)C. The molecule has 0 aromatic heterocycles. The average Bonchev–Trinajstić information content (AvgIpc) is 4.03. The first-order valence-electron chi connectivity index (χ1n) is 25.8. The van der Waals surface area contributed by atoms with Crippen LogP contribution < -0.4 is 42.5 Å². The zero-order chi connectivity index (χ0) is 55.2. The molecule has 0 radical (unpaired) electrons. The Morgan fingerprint density at radius 1 is 0.487 bits per heavy atom. The average molecular weight is 1040 g/mol. The highest BCUT2D eigenvalue weighted by atomic mass is 16.2. The standard InChI is InChI=1S/C58H72N10O8/c1-33(59-9)49(69)65-47(57(3,4)5)55(75)67-31-39(29-45(67)53(73)63-43-23-15-19-35-17-11-13-21-41(35)43)61-51(71)37-25-27-38(28-26-37)52(72)62-40-30-46(54(74)64-44-24-16-20-36-18-12-14-22-42(36)44)68(32-40)56(76)48(58(6,7)8)66-50(70)34(2)60-10/h11-28,33-34,39-40,45-48,59-60H,29-32H2,1-10H3,(H,61,71)(H,62,72)(H,63,73)(H,64,74)(H,65,69)(H,66,70)/t33-,34-,39-,40-,45-,46?,47+,48+/m0/s1. The number of anilines is 2. The van der Waals surface area contributed by atoms with Crippen molar-refractivity contribution in [1.29, 1.82) is 0 Å². The van der Waals surface area contributed by atoms with Gasteiger partial charge in [0, 0.05) is 58.4 Å². The second-order valence-electron chi connectivity index (χ2n) is 22.1. The van der Waals surface area contributed by atoms with Crippen molar-refractivity contribution in [1.82, 2.24) is 41.7 Å². The predicted octanol–water partition coefficient (Wildman–Crippen LogP) is 4.95. The normalized spacial score (nSPS) is 19.2. The maximum absolute atomic E-state index is 14.6. The van der Waals surface area contributed by atoms with Gasteiger partial charge >= 0.3 is 0 Å². The quantitative estimate of drug-likeness (QED) is 0.0662. The third-order valence-electron chi connectivity index (χ3n) is 14.4. The van der Waals surface area contributed by atoms with Crippen molar-refractivity contribution in [3.8, 4) is 0 Å². The Balaban J connectivity index is 1.07. The van der Waals surface area contributed by atoms with Gasteiger partial charge in [-0.05, 0) is 98.8 Å². The number of carbonyl (C=O) groups is 8. The third kappa shape index (κ3) is 12.9. The van der Waals surface area contributed by atoms with Crippen molar-refractivity contribution >= 4 is 80.2 Å². The van der Waals surface area contributed by atoms with Crippen LogP contribution in [-0.2, 0) is 28.8 Å². The smallest absolute Gasteiger partial charge is 0.251 e. The highest BCUT2D eigenvalue weighted by Gasteiger charge is 2.47. The van der Waals surface area contributed by atoms with Crippen LogP contribution in [0.3, 0.4) is 0 Å². The lowest BCUT2D eigenvalue weighted by atomic mass is 9.85. The minimum absolute atomic E-state index is 0.0253. The summed E-state index contributed by atoms with van der Waals surface area (Å²) in [4.78, 5) is 115. The van der Waals surface area contributed by atoms with Gasteiger partial charge in [-0.3, -0.25) is 38.4 Å². The molecule has 0 aliphatic carbocycles. The van der Waals surface area contributed by atoms with E-state index in [-0.39, 0.29) is 48.9 Å².